The van der Waals surface area contributed by atoms with Gasteiger partial charge in [0, 0.05) is 12.6 Å². The normalized spacial score (nSPS) is 22.8. The van der Waals surface area contributed by atoms with Gasteiger partial charge in [0.2, 0.25) is 5.91 Å². The van der Waals surface area contributed by atoms with Gasteiger partial charge < -0.3 is 20.1 Å². The Morgan fingerprint density at radius 3 is 2.50 bits per heavy atom. The van der Waals surface area contributed by atoms with E-state index in [1.165, 1.54) is 4.90 Å². The van der Waals surface area contributed by atoms with Crippen molar-refractivity contribution in [3.8, 4) is 0 Å². The molecule has 116 valence electrons. The molecule has 0 aromatic rings. The van der Waals surface area contributed by atoms with Gasteiger partial charge >= 0.3 is 5.97 Å². The average molecular weight is 286 g/mol. The molecule has 2 atom stereocenters. The molecule has 2 N–H and O–H groups in total. The molecule has 0 radical (unpaired) electrons. The Bertz CT molecular complexity index is 357. The summed E-state index contributed by atoms with van der Waals surface area (Å²) in [6.07, 6.45) is 0.982. The first-order chi connectivity index (χ1) is 9.36. The molecule has 6 nitrogen and oxygen atoms in total. The predicted molar refractivity (Wildman–Crippen MR) is 75.5 cm³/mol. The van der Waals surface area contributed by atoms with Crippen LogP contribution in [0.5, 0.6) is 0 Å². The van der Waals surface area contributed by atoms with E-state index in [2.05, 4.69) is 12.2 Å². The average Bonchev–Trinajstić information content (AvgIpc) is 2.84. The highest BCUT2D eigenvalue weighted by Crippen LogP contribution is 2.23. The number of carboxylic acids is 1. The zero-order chi connectivity index (χ0) is 15.3. The van der Waals surface area contributed by atoms with Crippen LogP contribution in [0.2, 0.25) is 0 Å². The molecule has 0 saturated carbocycles. The van der Waals surface area contributed by atoms with Crippen molar-refractivity contribution in [2.45, 2.75) is 45.7 Å². The largest absolute Gasteiger partial charge is 0.480 e. The summed E-state index contributed by atoms with van der Waals surface area (Å²) in [5, 5.41) is 12.6. The number of ether oxygens (including phenoxy) is 1. The number of rotatable bonds is 7. The highest BCUT2D eigenvalue weighted by Gasteiger charge is 2.43. The Morgan fingerprint density at radius 2 is 2.00 bits per heavy atom. The van der Waals surface area contributed by atoms with Crippen molar-refractivity contribution in [1.29, 1.82) is 0 Å². The minimum Gasteiger partial charge on any atom is -0.480 e. The highest BCUT2D eigenvalue weighted by molar-refractivity contribution is 5.88. The summed E-state index contributed by atoms with van der Waals surface area (Å²) in [5.74, 6) is -1.45. The lowest BCUT2D eigenvalue weighted by atomic mass is 9.96. The Balaban J connectivity index is 2.82. The minimum atomic E-state index is -1.20. The number of carbonyl (C=O) groups excluding carboxylic acids is 1. The number of hydrogen-bond acceptors (Lipinski definition) is 4. The molecule has 1 rings (SSSR count). The zero-order valence-corrected chi connectivity index (χ0v) is 12.8. The van der Waals surface area contributed by atoms with Gasteiger partial charge in [-0.2, -0.15) is 0 Å². The molecule has 0 aromatic heterocycles. The van der Waals surface area contributed by atoms with E-state index in [1.807, 2.05) is 0 Å². The van der Waals surface area contributed by atoms with Crippen molar-refractivity contribution in [1.82, 2.24) is 10.2 Å². The van der Waals surface area contributed by atoms with Gasteiger partial charge in [-0.25, -0.2) is 4.79 Å². The molecule has 0 aromatic carbocycles. The monoisotopic (exact) mass is 286 g/mol. The van der Waals surface area contributed by atoms with Crippen molar-refractivity contribution in [2.75, 3.05) is 26.3 Å². The minimum absolute atomic E-state index is 0.0268. The van der Waals surface area contributed by atoms with Crippen molar-refractivity contribution in [3.63, 3.8) is 0 Å². The van der Waals surface area contributed by atoms with Crippen LogP contribution in [0.25, 0.3) is 0 Å². The number of likely N-dealkylation sites (N-methyl/N-ethyl adjacent to an activating group) is 1. The second-order valence-electron chi connectivity index (χ2n) is 5.65. The molecular weight excluding hydrogens is 260 g/mol. The number of carbonyl (C=O) groups is 2. The molecule has 1 amide bonds. The SMILES string of the molecule is CCCNC1COCC1C(=O)N(CC)C(C)(C)C(=O)O. The second kappa shape index (κ2) is 7.04. The van der Waals surface area contributed by atoms with E-state index >= 15 is 0 Å². The summed E-state index contributed by atoms with van der Waals surface area (Å²) in [7, 11) is 0. The Labute approximate surface area is 120 Å². The van der Waals surface area contributed by atoms with E-state index in [9.17, 15) is 14.7 Å². The van der Waals surface area contributed by atoms with E-state index in [0.29, 0.717) is 19.8 Å². The fourth-order valence-electron chi connectivity index (χ4n) is 2.47. The summed E-state index contributed by atoms with van der Waals surface area (Å²) in [6.45, 7) is 9.02. The number of aliphatic carboxylic acids is 1. The van der Waals surface area contributed by atoms with Crippen molar-refractivity contribution in [3.05, 3.63) is 0 Å². The summed E-state index contributed by atoms with van der Waals surface area (Å²) in [5.41, 5.74) is -1.20. The maximum atomic E-state index is 12.6. The lowest BCUT2D eigenvalue weighted by molar-refractivity contribution is -0.158. The van der Waals surface area contributed by atoms with E-state index < -0.39 is 11.5 Å². The predicted octanol–water partition coefficient (Wildman–Crippen LogP) is 0.713. The summed E-state index contributed by atoms with van der Waals surface area (Å²) < 4.78 is 5.40. The lowest BCUT2D eigenvalue weighted by Gasteiger charge is -2.36. The van der Waals surface area contributed by atoms with Crippen LogP contribution in [0, 0.1) is 5.92 Å². The number of hydrogen-bond donors (Lipinski definition) is 2. The van der Waals surface area contributed by atoms with Gasteiger partial charge in [0.15, 0.2) is 0 Å². The molecular formula is C14H26N2O4. The van der Waals surface area contributed by atoms with Gasteiger partial charge in [0.1, 0.15) is 5.54 Å². The van der Waals surface area contributed by atoms with Crippen LogP contribution in [0.3, 0.4) is 0 Å². The van der Waals surface area contributed by atoms with Gasteiger partial charge in [-0.15, -0.1) is 0 Å². The molecule has 0 aliphatic carbocycles. The first-order valence-electron chi connectivity index (χ1n) is 7.22. The summed E-state index contributed by atoms with van der Waals surface area (Å²) in [6, 6.07) is -0.0268. The molecule has 20 heavy (non-hydrogen) atoms. The number of nitrogens with zero attached hydrogens (tertiary/aromatic N) is 1. The van der Waals surface area contributed by atoms with Crippen LogP contribution in [0.4, 0.5) is 0 Å². The molecule has 1 aliphatic rings. The Kier molecular flexibility index (Phi) is 5.95. The molecule has 1 saturated heterocycles. The molecule has 1 aliphatic heterocycles. The highest BCUT2D eigenvalue weighted by atomic mass is 16.5. The van der Waals surface area contributed by atoms with Crippen molar-refractivity contribution < 1.29 is 19.4 Å². The first kappa shape index (κ1) is 16.9. The van der Waals surface area contributed by atoms with Gasteiger partial charge in [-0.3, -0.25) is 4.79 Å². The van der Waals surface area contributed by atoms with E-state index in [1.54, 1.807) is 20.8 Å². The van der Waals surface area contributed by atoms with Crippen molar-refractivity contribution in [2.24, 2.45) is 5.92 Å². The smallest absolute Gasteiger partial charge is 0.329 e. The third-order valence-electron chi connectivity index (χ3n) is 3.83. The maximum absolute atomic E-state index is 12.6. The number of nitrogens with one attached hydrogen (secondary N) is 1. The molecule has 1 fully saturated rings. The van der Waals surface area contributed by atoms with E-state index in [0.717, 1.165) is 13.0 Å². The number of amides is 1. The van der Waals surface area contributed by atoms with Crippen molar-refractivity contribution >= 4 is 11.9 Å². The summed E-state index contributed by atoms with van der Waals surface area (Å²) >= 11 is 0. The van der Waals surface area contributed by atoms with Gasteiger partial charge in [0.05, 0.1) is 19.1 Å². The molecule has 1 heterocycles. The Hall–Kier alpha value is -1.14. The van der Waals surface area contributed by atoms with E-state index in [-0.39, 0.29) is 17.9 Å². The van der Waals surface area contributed by atoms with Gasteiger partial charge in [-0.1, -0.05) is 6.92 Å². The quantitative estimate of drug-likeness (QED) is 0.721. The molecule has 0 spiro atoms. The van der Waals surface area contributed by atoms with E-state index in [4.69, 9.17) is 4.74 Å². The maximum Gasteiger partial charge on any atom is 0.329 e. The van der Waals surface area contributed by atoms with Crippen LogP contribution in [0.15, 0.2) is 0 Å². The molecule has 6 heteroatoms. The molecule has 0 bridgehead atoms. The fourth-order valence-corrected chi connectivity index (χ4v) is 2.47. The van der Waals surface area contributed by atoms with Crippen LogP contribution < -0.4 is 5.32 Å². The fraction of sp³-hybridized carbons (Fsp3) is 0.857. The van der Waals surface area contributed by atoms with Gasteiger partial charge in [0.25, 0.3) is 0 Å². The Morgan fingerprint density at radius 1 is 1.35 bits per heavy atom. The standard InChI is InChI=1S/C14H26N2O4/c1-5-7-15-11-9-20-8-10(11)12(17)16(6-2)14(3,4)13(18)19/h10-11,15H,5-9H2,1-4H3,(H,18,19). The van der Waals surface area contributed by atoms with Crippen LogP contribution in [-0.2, 0) is 14.3 Å². The topological polar surface area (TPSA) is 78.9 Å². The first-order valence-corrected chi connectivity index (χ1v) is 7.22. The van der Waals surface area contributed by atoms with Gasteiger partial charge in [-0.05, 0) is 33.7 Å². The van der Waals surface area contributed by atoms with Crippen LogP contribution in [-0.4, -0.2) is 59.8 Å². The summed E-state index contributed by atoms with van der Waals surface area (Å²) in [4.78, 5) is 25.4. The molecule has 2 unspecified atom stereocenters. The third-order valence-corrected chi connectivity index (χ3v) is 3.83. The number of carboxylic acid groups (broad SMARTS) is 1. The van der Waals surface area contributed by atoms with Crippen LogP contribution >= 0.6 is 0 Å². The van der Waals surface area contributed by atoms with Crippen LogP contribution in [0.1, 0.15) is 34.1 Å². The zero-order valence-electron chi connectivity index (χ0n) is 12.8. The third kappa shape index (κ3) is 3.49. The second-order valence-corrected chi connectivity index (χ2v) is 5.65. The lowest BCUT2D eigenvalue weighted by Crippen LogP contribution is -2.57.